The molecule has 10 heavy (non-hydrogen) atoms. The third-order valence-corrected chi connectivity index (χ3v) is 1.91. The van der Waals surface area contributed by atoms with Crippen LogP contribution in [0.5, 0.6) is 0 Å². The van der Waals surface area contributed by atoms with Gasteiger partial charge in [-0.2, -0.15) is 0 Å². The molecule has 0 bridgehead atoms. The van der Waals surface area contributed by atoms with Gasteiger partial charge >= 0.3 is 23.1 Å². The van der Waals surface area contributed by atoms with Crippen molar-refractivity contribution in [2.45, 2.75) is 44.6 Å². The molecule has 56 valence electrons. The smallest absolute Gasteiger partial charge is 1.00 e. The minimum atomic E-state index is -0.571. The van der Waals surface area contributed by atoms with E-state index >= 15 is 0 Å². The van der Waals surface area contributed by atoms with Crippen molar-refractivity contribution in [1.82, 2.24) is 0 Å². The first-order valence-corrected chi connectivity index (χ1v) is 3.41. The molecule has 0 spiro atoms. The summed E-state index contributed by atoms with van der Waals surface area (Å²) in [7, 11) is 0. The molecule has 0 amide bonds. The van der Waals surface area contributed by atoms with E-state index in [1.165, 1.54) is 6.42 Å². The summed E-state index contributed by atoms with van der Waals surface area (Å²) in [6.45, 7) is 1.83. The van der Waals surface area contributed by atoms with Crippen LogP contribution in [0, 0.1) is 0 Å². The molecule has 1 aliphatic rings. The third-order valence-electron chi connectivity index (χ3n) is 1.91. The van der Waals surface area contributed by atoms with E-state index < -0.39 is 5.60 Å². The summed E-state index contributed by atoms with van der Waals surface area (Å²) in [5.41, 5.74) is -0.571. The summed E-state index contributed by atoms with van der Waals surface area (Å²) >= 11 is 0. The van der Waals surface area contributed by atoms with Crippen LogP contribution < -0.4 is 29.1 Å². The van der Waals surface area contributed by atoms with Crippen LogP contribution in [0.25, 0.3) is 0 Å². The first-order chi connectivity index (χ1) is 3.71. The zero-order valence-corrected chi connectivity index (χ0v) is 10.1. The number of halogens is 1. The molecule has 0 aromatic carbocycles. The maximum absolute atomic E-state index is 11.1. The summed E-state index contributed by atoms with van der Waals surface area (Å²) in [6, 6.07) is 0. The molecular formula is C7H13IMgO. The Hall–Kier alpha value is 1.46. The van der Waals surface area contributed by atoms with Gasteiger partial charge in [0.15, 0.2) is 0 Å². The van der Waals surface area contributed by atoms with Crippen LogP contribution in [0.15, 0.2) is 0 Å². The topological polar surface area (TPSA) is 23.1 Å². The fourth-order valence-electron chi connectivity index (χ4n) is 1.30. The Morgan fingerprint density at radius 3 is 1.70 bits per heavy atom. The van der Waals surface area contributed by atoms with Crippen LogP contribution in [-0.2, 0) is 0 Å². The van der Waals surface area contributed by atoms with Crippen molar-refractivity contribution in [2.24, 2.45) is 0 Å². The van der Waals surface area contributed by atoms with Gasteiger partial charge in [0, 0.05) is 0 Å². The average molecular weight is 264 g/mol. The molecule has 0 atom stereocenters. The van der Waals surface area contributed by atoms with E-state index in [-0.39, 0.29) is 47.0 Å². The molecule has 1 rings (SSSR count). The molecule has 0 radical (unpaired) electrons. The van der Waals surface area contributed by atoms with Crippen molar-refractivity contribution in [1.29, 1.82) is 0 Å². The van der Waals surface area contributed by atoms with Crippen LogP contribution in [0.1, 0.15) is 39.0 Å². The Kier molecular flexibility index (Phi) is 8.44. The number of rotatable bonds is 0. The molecule has 1 saturated carbocycles. The van der Waals surface area contributed by atoms with Crippen molar-refractivity contribution >= 4 is 23.1 Å². The van der Waals surface area contributed by atoms with Crippen LogP contribution >= 0.6 is 0 Å². The van der Waals surface area contributed by atoms with Crippen LogP contribution in [0.3, 0.4) is 0 Å². The van der Waals surface area contributed by atoms with Gasteiger partial charge in [0.25, 0.3) is 0 Å². The summed E-state index contributed by atoms with van der Waals surface area (Å²) in [6.07, 6.45) is 5.37. The van der Waals surface area contributed by atoms with E-state index in [0.29, 0.717) is 0 Å². The van der Waals surface area contributed by atoms with Crippen LogP contribution in [0.2, 0.25) is 0 Å². The molecule has 0 aliphatic heterocycles. The quantitative estimate of drug-likeness (QED) is 0.356. The maximum Gasteiger partial charge on any atom is 2.00 e. The zero-order chi connectivity index (χ0) is 6.04. The van der Waals surface area contributed by atoms with Gasteiger partial charge in [0.05, 0.1) is 0 Å². The van der Waals surface area contributed by atoms with Gasteiger partial charge in [0.1, 0.15) is 0 Å². The Morgan fingerprint density at radius 2 is 1.50 bits per heavy atom. The molecule has 1 fully saturated rings. The van der Waals surface area contributed by atoms with Crippen molar-refractivity contribution in [3.8, 4) is 0 Å². The second-order valence-electron chi connectivity index (χ2n) is 3.01. The van der Waals surface area contributed by atoms with E-state index in [1.54, 1.807) is 0 Å². The van der Waals surface area contributed by atoms with Gasteiger partial charge in [-0.1, -0.05) is 39.0 Å². The predicted molar refractivity (Wildman–Crippen MR) is 37.2 cm³/mol. The fourth-order valence-corrected chi connectivity index (χ4v) is 1.30. The SMILES string of the molecule is CC1([O-])CCCCC1.[I-].[Mg+2]. The summed E-state index contributed by atoms with van der Waals surface area (Å²) in [5, 5.41) is 11.1. The minimum Gasteiger partial charge on any atom is -1.00 e. The average Bonchev–Trinajstić information content (AvgIpc) is 1.65. The van der Waals surface area contributed by atoms with Crippen LogP contribution in [-0.4, -0.2) is 28.7 Å². The van der Waals surface area contributed by atoms with E-state index in [1.807, 2.05) is 6.92 Å². The molecule has 1 nitrogen and oxygen atoms in total. The van der Waals surface area contributed by atoms with Crippen molar-refractivity contribution in [3.63, 3.8) is 0 Å². The summed E-state index contributed by atoms with van der Waals surface area (Å²) in [5.74, 6) is 0. The predicted octanol–water partition coefficient (Wildman–Crippen LogP) is -2.31. The molecule has 0 N–H and O–H groups in total. The number of hydrogen-bond acceptors (Lipinski definition) is 1. The largest absolute Gasteiger partial charge is 2.00 e. The standard InChI is InChI=1S/C7H13O.HI.Mg/c1-7(8)5-3-2-4-6-7;;/h2-6H2,1H3;1H;/q-1;;+2/p-1. The molecule has 0 saturated heterocycles. The maximum atomic E-state index is 11.1. The normalized spacial score (nSPS) is 22.2. The van der Waals surface area contributed by atoms with Crippen molar-refractivity contribution in [2.75, 3.05) is 0 Å². The van der Waals surface area contributed by atoms with Gasteiger partial charge in [-0.3, -0.25) is 0 Å². The summed E-state index contributed by atoms with van der Waals surface area (Å²) < 4.78 is 0. The van der Waals surface area contributed by atoms with Gasteiger partial charge in [-0.15, -0.1) is 5.60 Å². The molecule has 0 aromatic rings. The molecular weight excluding hydrogens is 251 g/mol. The van der Waals surface area contributed by atoms with E-state index in [2.05, 4.69) is 0 Å². The monoisotopic (exact) mass is 264 g/mol. The Bertz CT molecular complexity index is 77.7. The van der Waals surface area contributed by atoms with E-state index in [9.17, 15) is 5.11 Å². The fraction of sp³-hybridized carbons (Fsp3) is 1.00. The van der Waals surface area contributed by atoms with E-state index in [4.69, 9.17) is 0 Å². The van der Waals surface area contributed by atoms with Crippen molar-refractivity contribution in [3.05, 3.63) is 0 Å². The van der Waals surface area contributed by atoms with Crippen molar-refractivity contribution < 1.29 is 29.1 Å². The molecule has 0 heterocycles. The van der Waals surface area contributed by atoms with Gasteiger partial charge in [-0.05, 0) is 0 Å². The second-order valence-corrected chi connectivity index (χ2v) is 3.01. The first-order valence-electron chi connectivity index (χ1n) is 3.41. The first kappa shape index (κ1) is 14.0. The molecule has 3 heteroatoms. The van der Waals surface area contributed by atoms with Gasteiger partial charge < -0.3 is 29.1 Å². The molecule has 0 aromatic heterocycles. The van der Waals surface area contributed by atoms with Gasteiger partial charge in [0.2, 0.25) is 0 Å². The zero-order valence-electron chi connectivity index (χ0n) is 6.53. The Morgan fingerprint density at radius 1 is 1.10 bits per heavy atom. The van der Waals surface area contributed by atoms with E-state index in [0.717, 1.165) is 25.7 Å². The molecule has 0 unspecified atom stereocenters. The minimum absolute atomic E-state index is 0. The molecule has 1 aliphatic carbocycles. The Labute approximate surface area is 96.1 Å². The third kappa shape index (κ3) is 5.15. The second kappa shape index (κ2) is 6.03. The summed E-state index contributed by atoms with van der Waals surface area (Å²) in [4.78, 5) is 0. The number of hydrogen-bond donors (Lipinski definition) is 0. The van der Waals surface area contributed by atoms with Gasteiger partial charge in [-0.25, -0.2) is 0 Å². The Balaban J connectivity index is 0. The van der Waals surface area contributed by atoms with Crippen LogP contribution in [0.4, 0.5) is 0 Å².